The van der Waals surface area contributed by atoms with Crippen molar-refractivity contribution in [1.29, 1.82) is 0 Å². The van der Waals surface area contributed by atoms with E-state index in [1.807, 2.05) is 12.4 Å². The number of fused-ring (bicyclic) bond motifs is 1. The Balaban J connectivity index is 2.59. The van der Waals surface area contributed by atoms with Crippen LogP contribution in [0.2, 0.25) is 0 Å². The minimum Gasteiger partial charge on any atom is -0.264 e. The van der Waals surface area contributed by atoms with E-state index in [1.165, 1.54) is 16.7 Å². The summed E-state index contributed by atoms with van der Waals surface area (Å²) in [4.78, 5) is 4.17. The van der Waals surface area contributed by atoms with E-state index < -0.39 is 0 Å². The maximum Gasteiger partial charge on any atom is 0.0309 e. The van der Waals surface area contributed by atoms with Gasteiger partial charge in [0.05, 0.1) is 0 Å². The molecular weight excluding hydrogens is 146 g/mol. The lowest BCUT2D eigenvalue weighted by atomic mass is 10.0. The number of allylic oxidation sites excluding steroid dienone is 3. The van der Waals surface area contributed by atoms with Crippen molar-refractivity contribution < 1.29 is 0 Å². The van der Waals surface area contributed by atoms with Gasteiger partial charge in [-0.05, 0) is 30.0 Å². The fourth-order valence-electron chi connectivity index (χ4n) is 1.46. The lowest BCUT2D eigenvalue weighted by Crippen LogP contribution is -1.91. The highest BCUT2D eigenvalue weighted by Gasteiger charge is 2.02. The highest BCUT2D eigenvalue weighted by atomic mass is 14.6. The number of pyridine rings is 1. The molecule has 0 spiro atoms. The Kier molecular flexibility index (Phi) is 1.78. The topological polar surface area (TPSA) is 12.9 Å². The number of hydrogen-bond acceptors (Lipinski definition) is 1. The highest BCUT2D eigenvalue weighted by Crippen LogP contribution is 2.17. The van der Waals surface area contributed by atoms with Crippen LogP contribution < -0.4 is 0 Å². The van der Waals surface area contributed by atoms with Crippen LogP contribution >= 0.6 is 0 Å². The van der Waals surface area contributed by atoms with Crippen LogP contribution in [0.4, 0.5) is 0 Å². The van der Waals surface area contributed by atoms with Crippen molar-refractivity contribution in [3.05, 3.63) is 47.3 Å². The van der Waals surface area contributed by atoms with Gasteiger partial charge in [0.1, 0.15) is 0 Å². The second kappa shape index (κ2) is 2.94. The molecule has 0 saturated carbocycles. The molecular formula is C11H11N. The van der Waals surface area contributed by atoms with Gasteiger partial charge in [0.25, 0.3) is 0 Å². The molecule has 1 aliphatic carbocycles. The summed E-state index contributed by atoms with van der Waals surface area (Å²) in [6, 6.07) is 0. The van der Waals surface area contributed by atoms with Crippen LogP contribution in [0.25, 0.3) is 6.08 Å². The largest absolute Gasteiger partial charge is 0.264 e. The van der Waals surface area contributed by atoms with Crippen LogP contribution in [0.5, 0.6) is 0 Å². The van der Waals surface area contributed by atoms with E-state index >= 15 is 0 Å². The Morgan fingerprint density at radius 2 is 2.17 bits per heavy atom. The number of aryl methyl sites for hydroxylation is 1. The van der Waals surface area contributed by atoms with Crippen LogP contribution in [-0.4, -0.2) is 4.98 Å². The van der Waals surface area contributed by atoms with Crippen molar-refractivity contribution in [3.8, 4) is 0 Å². The van der Waals surface area contributed by atoms with Crippen molar-refractivity contribution in [2.45, 2.75) is 13.3 Å². The van der Waals surface area contributed by atoms with Gasteiger partial charge in [0.2, 0.25) is 0 Å². The van der Waals surface area contributed by atoms with E-state index in [4.69, 9.17) is 0 Å². The predicted octanol–water partition coefficient (Wildman–Crippen LogP) is 2.52. The molecule has 0 amide bonds. The summed E-state index contributed by atoms with van der Waals surface area (Å²) in [6.45, 7) is 2.10. The summed E-state index contributed by atoms with van der Waals surface area (Å²) in [7, 11) is 0. The van der Waals surface area contributed by atoms with Crippen molar-refractivity contribution >= 4 is 6.08 Å². The molecule has 0 aliphatic heterocycles. The zero-order valence-corrected chi connectivity index (χ0v) is 7.12. The number of rotatable bonds is 0. The van der Waals surface area contributed by atoms with E-state index in [0.717, 1.165) is 6.42 Å². The van der Waals surface area contributed by atoms with Crippen molar-refractivity contribution in [3.63, 3.8) is 0 Å². The van der Waals surface area contributed by atoms with Crippen molar-refractivity contribution in [2.75, 3.05) is 0 Å². The Bertz CT molecular complexity index is 348. The fourth-order valence-corrected chi connectivity index (χ4v) is 1.46. The molecule has 0 unspecified atom stereocenters. The van der Waals surface area contributed by atoms with E-state index in [1.54, 1.807) is 0 Å². The Hall–Kier alpha value is -1.37. The van der Waals surface area contributed by atoms with Crippen LogP contribution in [-0.2, 0) is 6.42 Å². The second-order valence-corrected chi connectivity index (χ2v) is 3.02. The lowest BCUT2D eigenvalue weighted by molar-refractivity contribution is 1.15. The molecule has 1 heterocycles. The van der Waals surface area contributed by atoms with Gasteiger partial charge in [-0.1, -0.05) is 24.3 Å². The molecule has 1 heteroatoms. The minimum absolute atomic E-state index is 0.997. The first kappa shape index (κ1) is 7.29. The summed E-state index contributed by atoms with van der Waals surface area (Å²) in [5.41, 5.74) is 3.91. The Labute approximate surface area is 72.5 Å². The quantitative estimate of drug-likeness (QED) is 0.564. The highest BCUT2D eigenvalue weighted by molar-refractivity contribution is 5.59. The number of aromatic nitrogens is 1. The molecule has 12 heavy (non-hydrogen) atoms. The summed E-state index contributed by atoms with van der Waals surface area (Å²) in [5, 5.41) is 0. The summed E-state index contributed by atoms with van der Waals surface area (Å²) in [5.74, 6) is 0. The van der Waals surface area contributed by atoms with Crippen LogP contribution in [0.3, 0.4) is 0 Å². The molecule has 0 aromatic carbocycles. The average molecular weight is 157 g/mol. The predicted molar refractivity (Wildman–Crippen MR) is 50.9 cm³/mol. The van der Waals surface area contributed by atoms with E-state index in [9.17, 15) is 0 Å². The number of nitrogens with zero attached hydrogens (tertiary/aromatic N) is 1. The third kappa shape index (κ3) is 1.18. The molecule has 0 radical (unpaired) electrons. The first-order valence-electron chi connectivity index (χ1n) is 4.14. The molecule has 0 bridgehead atoms. The molecule has 1 aromatic heterocycles. The van der Waals surface area contributed by atoms with Crippen molar-refractivity contribution in [2.24, 2.45) is 0 Å². The van der Waals surface area contributed by atoms with Gasteiger partial charge in [-0.25, -0.2) is 0 Å². The van der Waals surface area contributed by atoms with Crippen LogP contribution in [0.15, 0.2) is 30.6 Å². The third-order valence-electron chi connectivity index (χ3n) is 2.12. The summed E-state index contributed by atoms with van der Waals surface area (Å²) < 4.78 is 0. The first-order valence-corrected chi connectivity index (χ1v) is 4.14. The van der Waals surface area contributed by atoms with E-state index in [0.29, 0.717) is 0 Å². The van der Waals surface area contributed by atoms with Gasteiger partial charge in [-0.15, -0.1) is 0 Å². The first-order chi connectivity index (χ1) is 5.88. The van der Waals surface area contributed by atoms with Crippen LogP contribution in [0.1, 0.15) is 16.7 Å². The van der Waals surface area contributed by atoms with Gasteiger partial charge in [0.15, 0.2) is 0 Å². The monoisotopic (exact) mass is 157 g/mol. The fraction of sp³-hybridized carbons (Fsp3) is 0.182. The molecule has 1 aliphatic rings. The molecule has 0 atom stereocenters. The molecule has 2 rings (SSSR count). The van der Waals surface area contributed by atoms with Gasteiger partial charge in [0, 0.05) is 12.4 Å². The smallest absolute Gasteiger partial charge is 0.0309 e. The molecule has 0 saturated heterocycles. The zero-order chi connectivity index (χ0) is 8.39. The van der Waals surface area contributed by atoms with E-state index in [2.05, 4.69) is 36.2 Å². The third-order valence-corrected chi connectivity index (χ3v) is 2.12. The normalized spacial score (nSPS) is 14.1. The van der Waals surface area contributed by atoms with Gasteiger partial charge in [-0.2, -0.15) is 0 Å². The molecule has 60 valence electrons. The van der Waals surface area contributed by atoms with Gasteiger partial charge >= 0.3 is 0 Å². The van der Waals surface area contributed by atoms with Gasteiger partial charge < -0.3 is 0 Å². The minimum atomic E-state index is 0.997. The SMILES string of the molecule is Cc1cncc2c1C=CC=CC2. The molecule has 1 nitrogen and oxygen atoms in total. The maximum absolute atomic E-state index is 4.17. The lowest BCUT2D eigenvalue weighted by Gasteiger charge is -2.04. The standard InChI is InChI=1S/C11H11N/c1-9-7-12-8-10-5-3-2-4-6-11(9)10/h2-4,6-8H,5H2,1H3. The second-order valence-electron chi connectivity index (χ2n) is 3.02. The van der Waals surface area contributed by atoms with E-state index in [-0.39, 0.29) is 0 Å². The Morgan fingerprint density at radius 3 is 3.08 bits per heavy atom. The molecule has 0 fully saturated rings. The number of hydrogen-bond donors (Lipinski definition) is 0. The molecule has 1 aromatic rings. The maximum atomic E-state index is 4.17. The average Bonchev–Trinajstić information content (AvgIpc) is 2.30. The molecule has 0 N–H and O–H groups in total. The summed E-state index contributed by atoms with van der Waals surface area (Å²) >= 11 is 0. The zero-order valence-electron chi connectivity index (χ0n) is 7.12. The van der Waals surface area contributed by atoms with Gasteiger partial charge in [-0.3, -0.25) is 4.98 Å². The van der Waals surface area contributed by atoms with Crippen molar-refractivity contribution in [1.82, 2.24) is 4.98 Å². The summed E-state index contributed by atoms with van der Waals surface area (Å²) in [6.07, 6.45) is 13.3. The Morgan fingerprint density at radius 1 is 1.25 bits per heavy atom. The van der Waals surface area contributed by atoms with Crippen LogP contribution in [0, 0.1) is 6.92 Å².